The van der Waals surface area contributed by atoms with E-state index in [0.717, 1.165) is 25.7 Å². The Morgan fingerprint density at radius 1 is 1.23 bits per heavy atom. The van der Waals surface area contributed by atoms with Crippen molar-refractivity contribution in [1.29, 1.82) is 0 Å². The van der Waals surface area contributed by atoms with Crippen LogP contribution in [0.4, 0.5) is 0 Å². The van der Waals surface area contributed by atoms with E-state index in [-0.39, 0.29) is 29.9 Å². The number of carbonyl (C=O) groups is 4. The van der Waals surface area contributed by atoms with Crippen LogP contribution in [0.3, 0.4) is 0 Å². The monoisotopic (exact) mass is 463 g/mol. The van der Waals surface area contributed by atoms with Gasteiger partial charge in [0, 0.05) is 23.8 Å². The van der Waals surface area contributed by atoms with E-state index in [1.807, 2.05) is 0 Å². The van der Waals surface area contributed by atoms with Gasteiger partial charge in [0.15, 0.2) is 6.29 Å². The van der Waals surface area contributed by atoms with Gasteiger partial charge in [-0.15, -0.1) is 0 Å². The van der Waals surface area contributed by atoms with Crippen LogP contribution in [-0.2, 0) is 23.9 Å². The lowest BCUT2D eigenvalue weighted by molar-refractivity contribution is -0.139. The quantitative estimate of drug-likeness (QED) is 0.175. The van der Waals surface area contributed by atoms with Crippen LogP contribution < -0.4 is 16.4 Å². The van der Waals surface area contributed by atoms with Crippen LogP contribution >= 0.6 is 11.8 Å². The lowest BCUT2D eigenvalue weighted by Gasteiger charge is -2.22. The summed E-state index contributed by atoms with van der Waals surface area (Å²) in [5, 5.41) is 32.1. The Bertz CT molecular complexity index is 621. The predicted molar refractivity (Wildman–Crippen MR) is 113 cm³/mol. The number of aliphatic carboxylic acids is 2. The Labute approximate surface area is 185 Å². The van der Waals surface area contributed by atoms with Crippen LogP contribution in [0.25, 0.3) is 0 Å². The average Bonchev–Trinajstić information content (AvgIpc) is 3.06. The number of amides is 2. The molecule has 0 saturated carbocycles. The van der Waals surface area contributed by atoms with Gasteiger partial charge in [-0.05, 0) is 12.8 Å². The molecule has 5 atom stereocenters. The molecule has 31 heavy (non-hydrogen) atoms. The maximum absolute atomic E-state index is 12.4. The molecule has 1 rings (SSSR count). The van der Waals surface area contributed by atoms with Crippen LogP contribution in [-0.4, -0.2) is 81.1 Å². The molecule has 1 heterocycles. The first-order valence-corrected chi connectivity index (χ1v) is 11.4. The number of aliphatic hydroxyl groups excluding tert-OH is 1. The van der Waals surface area contributed by atoms with E-state index in [0.29, 0.717) is 6.42 Å². The normalized spacial score (nSPS) is 22.5. The van der Waals surface area contributed by atoms with Gasteiger partial charge < -0.3 is 36.4 Å². The van der Waals surface area contributed by atoms with Crippen LogP contribution in [0, 0.1) is 0 Å². The molecule has 11 nitrogen and oxygen atoms in total. The van der Waals surface area contributed by atoms with E-state index < -0.39 is 48.7 Å². The highest BCUT2D eigenvalue weighted by Gasteiger charge is 2.35. The summed E-state index contributed by atoms with van der Waals surface area (Å²) in [7, 11) is 0. The number of nitrogens with one attached hydrogen (secondary N) is 2. The molecule has 1 aliphatic heterocycles. The summed E-state index contributed by atoms with van der Waals surface area (Å²) in [6.45, 7) is 1.49. The van der Waals surface area contributed by atoms with E-state index in [2.05, 4.69) is 17.6 Å². The fourth-order valence-electron chi connectivity index (χ4n) is 3.09. The van der Waals surface area contributed by atoms with Crippen molar-refractivity contribution in [3.63, 3.8) is 0 Å². The van der Waals surface area contributed by atoms with Gasteiger partial charge in [-0.1, -0.05) is 26.2 Å². The molecular formula is C19H33N3O8S. The summed E-state index contributed by atoms with van der Waals surface area (Å²) < 4.78 is 5.56. The van der Waals surface area contributed by atoms with Crippen LogP contribution in [0.1, 0.15) is 51.9 Å². The minimum atomic E-state index is -1.23. The van der Waals surface area contributed by atoms with E-state index in [1.165, 1.54) is 11.8 Å². The number of carboxylic acid groups (broad SMARTS) is 2. The molecule has 0 spiro atoms. The predicted octanol–water partition coefficient (Wildman–Crippen LogP) is -0.346. The number of carboxylic acids is 2. The summed E-state index contributed by atoms with van der Waals surface area (Å²) in [6.07, 6.45) is 2.89. The Hall–Kier alpha value is -1.89. The number of aliphatic hydroxyl groups is 1. The first-order valence-electron chi connectivity index (χ1n) is 10.4. The van der Waals surface area contributed by atoms with Gasteiger partial charge >= 0.3 is 11.9 Å². The fourth-order valence-corrected chi connectivity index (χ4v) is 4.48. The van der Waals surface area contributed by atoms with Gasteiger partial charge in [0.2, 0.25) is 11.8 Å². The third-order valence-corrected chi connectivity index (χ3v) is 6.26. The van der Waals surface area contributed by atoms with Crippen LogP contribution in [0.5, 0.6) is 0 Å². The maximum atomic E-state index is 12.4. The van der Waals surface area contributed by atoms with Gasteiger partial charge in [-0.25, -0.2) is 0 Å². The molecule has 2 amide bonds. The van der Waals surface area contributed by atoms with Crippen molar-refractivity contribution in [2.75, 3.05) is 12.3 Å². The lowest BCUT2D eigenvalue weighted by Crippen LogP contribution is -2.50. The van der Waals surface area contributed by atoms with Crippen molar-refractivity contribution in [3.8, 4) is 0 Å². The molecule has 0 radical (unpaired) electrons. The number of ether oxygens (including phenoxy) is 1. The van der Waals surface area contributed by atoms with Gasteiger partial charge in [-0.3, -0.25) is 19.2 Å². The number of nitrogens with two attached hydrogens (primary N) is 1. The minimum absolute atomic E-state index is 0.0704. The van der Waals surface area contributed by atoms with Gasteiger partial charge in [0.1, 0.15) is 18.6 Å². The molecule has 0 aromatic heterocycles. The second-order valence-electron chi connectivity index (χ2n) is 7.45. The highest BCUT2D eigenvalue weighted by molar-refractivity contribution is 8.00. The zero-order chi connectivity index (χ0) is 23.4. The molecule has 12 heteroatoms. The summed E-state index contributed by atoms with van der Waals surface area (Å²) >= 11 is 1.37. The molecule has 1 saturated heterocycles. The SMILES string of the molecule is CCCCC[C@@H]1O[C@H](O)C[C@@H]1SC[C@@H](NC(=O)CC[C@H](N)C(=O)O)C(=O)NCC(=O)O. The topological polar surface area (TPSA) is 188 Å². The van der Waals surface area contributed by atoms with Gasteiger partial charge in [0.25, 0.3) is 0 Å². The van der Waals surface area contributed by atoms with Gasteiger partial charge in [-0.2, -0.15) is 11.8 Å². The Morgan fingerprint density at radius 2 is 1.94 bits per heavy atom. The molecular weight excluding hydrogens is 430 g/mol. The maximum Gasteiger partial charge on any atom is 0.322 e. The van der Waals surface area contributed by atoms with E-state index in [4.69, 9.17) is 20.7 Å². The molecule has 1 aliphatic rings. The Kier molecular flexibility index (Phi) is 12.5. The molecule has 0 unspecified atom stereocenters. The van der Waals surface area contributed by atoms with Crippen molar-refractivity contribution in [3.05, 3.63) is 0 Å². The molecule has 0 aliphatic carbocycles. The lowest BCUT2D eigenvalue weighted by atomic mass is 10.1. The van der Waals surface area contributed by atoms with Crippen LogP contribution in [0.15, 0.2) is 0 Å². The second kappa shape index (κ2) is 14.2. The third-order valence-electron chi connectivity index (χ3n) is 4.81. The smallest absolute Gasteiger partial charge is 0.322 e. The highest BCUT2D eigenvalue weighted by Crippen LogP contribution is 2.33. The number of carbonyl (C=O) groups excluding carboxylic acids is 2. The van der Waals surface area contributed by atoms with Crippen molar-refractivity contribution < 1.29 is 39.2 Å². The standard InChI is InChI=1S/C19H33N3O8S/c1-2-3-4-5-13-14(8-17(26)30-13)31-10-12(18(27)21-9-16(24)25)22-15(23)7-6-11(20)19(28)29/h11-14,17,26H,2-10,20H2,1H3,(H,21,27)(H,22,23)(H,24,25)(H,28,29)/t11-,12+,13-,14-,17-/m0/s1. The number of thioether (sulfide) groups is 1. The van der Waals surface area contributed by atoms with E-state index in [1.54, 1.807) is 0 Å². The molecule has 0 bridgehead atoms. The summed E-state index contributed by atoms with van der Waals surface area (Å²) in [4.78, 5) is 46.1. The van der Waals surface area contributed by atoms with Crippen molar-refractivity contribution in [2.24, 2.45) is 5.73 Å². The van der Waals surface area contributed by atoms with Crippen LogP contribution in [0.2, 0.25) is 0 Å². The zero-order valence-corrected chi connectivity index (χ0v) is 18.4. The number of unbranched alkanes of at least 4 members (excludes halogenated alkanes) is 2. The van der Waals surface area contributed by atoms with Crippen molar-refractivity contribution in [2.45, 2.75) is 81.6 Å². The fraction of sp³-hybridized carbons (Fsp3) is 0.789. The number of rotatable bonds is 15. The minimum Gasteiger partial charge on any atom is -0.480 e. The largest absolute Gasteiger partial charge is 0.480 e. The molecule has 178 valence electrons. The average molecular weight is 464 g/mol. The van der Waals surface area contributed by atoms with E-state index >= 15 is 0 Å². The van der Waals surface area contributed by atoms with Crippen molar-refractivity contribution >= 4 is 35.5 Å². The summed E-state index contributed by atoms with van der Waals surface area (Å²) in [5.74, 6) is -3.52. The Balaban J connectivity index is 2.67. The first kappa shape index (κ1) is 27.1. The first-order chi connectivity index (χ1) is 14.6. The second-order valence-corrected chi connectivity index (χ2v) is 8.72. The van der Waals surface area contributed by atoms with Crippen molar-refractivity contribution in [1.82, 2.24) is 10.6 Å². The number of hydrogen-bond acceptors (Lipinski definition) is 8. The zero-order valence-electron chi connectivity index (χ0n) is 17.6. The molecule has 0 aromatic carbocycles. The molecule has 1 fully saturated rings. The summed E-state index contributed by atoms with van der Waals surface area (Å²) in [6, 6.07) is -2.22. The Morgan fingerprint density at radius 3 is 2.55 bits per heavy atom. The van der Waals surface area contributed by atoms with Gasteiger partial charge in [0.05, 0.1) is 6.10 Å². The molecule has 0 aromatic rings. The summed E-state index contributed by atoms with van der Waals surface area (Å²) in [5.41, 5.74) is 5.39. The van der Waals surface area contributed by atoms with E-state index in [9.17, 15) is 24.3 Å². The third kappa shape index (κ3) is 10.8. The number of hydrogen-bond donors (Lipinski definition) is 6. The molecule has 7 N–H and O–H groups in total. The highest BCUT2D eigenvalue weighted by atomic mass is 32.2.